The number of carbonyl (C=O) groups excluding carboxylic acids is 2. The first-order valence-electron chi connectivity index (χ1n) is 10.2. The Bertz CT molecular complexity index is 883. The lowest BCUT2D eigenvalue weighted by molar-refractivity contribution is -0.124. The lowest BCUT2D eigenvalue weighted by Crippen LogP contribution is -2.30. The zero-order chi connectivity index (χ0) is 21.0. The maximum Gasteiger partial charge on any atom is 0.341 e. The molecule has 1 fully saturated rings. The van der Waals surface area contributed by atoms with Crippen molar-refractivity contribution in [1.82, 2.24) is 9.88 Å². The molecule has 0 spiro atoms. The van der Waals surface area contributed by atoms with Gasteiger partial charge in [-0.2, -0.15) is 0 Å². The molecule has 1 N–H and O–H groups in total. The van der Waals surface area contributed by atoms with E-state index in [4.69, 9.17) is 14.2 Å². The van der Waals surface area contributed by atoms with Crippen LogP contribution in [0.15, 0.2) is 18.2 Å². The van der Waals surface area contributed by atoms with Gasteiger partial charge in [0.1, 0.15) is 5.75 Å². The number of ether oxygens (including phenoxy) is 3. The van der Waals surface area contributed by atoms with Crippen LogP contribution in [0.2, 0.25) is 0 Å². The third-order valence-electron chi connectivity index (χ3n) is 5.00. The molecule has 158 valence electrons. The van der Waals surface area contributed by atoms with Crippen molar-refractivity contribution in [2.45, 2.75) is 52.2 Å². The van der Waals surface area contributed by atoms with Gasteiger partial charge < -0.3 is 24.1 Å². The smallest absolute Gasteiger partial charge is 0.341 e. The maximum atomic E-state index is 12.8. The zero-order valence-electron chi connectivity index (χ0n) is 17.6. The summed E-state index contributed by atoms with van der Waals surface area (Å²) in [7, 11) is 1.60. The summed E-state index contributed by atoms with van der Waals surface area (Å²) in [4.78, 5) is 24.8. The van der Waals surface area contributed by atoms with Gasteiger partial charge in [0.25, 0.3) is 5.91 Å². The van der Waals surface area contributed by atoms with E-state index in [-0.39, 0.29) is 18.6 Å². The number of nitrogens with zero attached hydrogens (tertiary/aromatic N) is 1. The molecule has 2 aromatic rings. The van der Waals surface area contributed by atoms with Gasteiger partial charge in [-0.15, -0.1) is 0 Å². The number of hydrogen-bond donors (Lipinski definition) is 1. The maximum absolute atomic E-state index is 12.8. The molecule has 1 amide bonds. The lowest BCUT2D eigenvalue weighted by atomic mass is 10.1. The Balaban J connectivity index is 1.64. The van der Waals surface area contributed by atoms with Gasteiger partial charge in [-0.3, -0.25) is 4.79 Å². The normalized spacial score (nSPS) is 13.7. The second kappa shape index (κ2) is 9.31. The number of methoxy groups -OCH3 is 1. The molecule has 29 heavy (non-hydrogen) atoms. The Morgan fingerprint density at radius 2 is 2.03 bits per heavy atom. The molecular formula is C22H30N2O5. The summed E-state index contributed by atoms with van der Waals surface area (Å²) in [6.45, 7) is 6.63. The van der Waals surface area contributed by atoms with Crippen LogP contribution in [0.25, 0.3) is 10.9 Å². The highest BCUT2D eigenvalue weighted by atomic mass is 16.5. The molecule has 0 bridgehead atoms. The van der Waals surface area contributed by atoms with Crippen LogP contribution in [0.1, 0.15) is 55.2 Å². The van der Waals surface area contributed by atoms with Crippen LogP contribution < -0.4 is 10.1 Å². The number of esters is 1. The fourth-order valence-corrected chi connectivity index (χ4v) is 3.48. The van der Waals surface area contributed by atoms with Crippen molar-refractivity contribution in [3.05, 3.63) is 29.5 Å². The zero-order valence-corrected chi connectivity index (χ0v) is 17.6. The predicted molar refractivity (Wildman–Crippen MR) is 110 cm³/mol. The fourth-order valence-electron chi connectivity index (χ4n) is 3.48. The van der Waals surface area contributed by atoms with E-state index in [1.54, 1.807) is 7.11 Å². The highest BCUT2D eigenvalue weighted by molar-refractivity contribution is 6.06. The SMILES string of the molecule is COc1ccc2c(c1)c(C(=O)OCC(=O)NCCCOC(C)C)c(C)n2C1CC1. The van der Waals surface area contributed by atoms with Gasteiger partial charge >= 0.3 is 5.97 Å². The molecule has 0 aliphatic heterocycles. The van der Waals surface area contributed by atoms with E-state index in [0.717, 1.165) is 29.4 Å². The Kier molecular flexibility index (Phi) is 6.79. The van der Waals surface area contributed by atoms with Crippen LogP contribution in [-0.4, -0.2) is 49.4 Å². The average Bonchev–Trinajstić information content (AvgIpc) is 3.48. The summed E-state index contributed by atoms with van der Waals surface area (Å²) in [6.07, 6.45) is 3.10. The van der Waals surface area contributed by atoms with E-state index >= 15 is 0 Å². The van der Waals surface area contributed by atoms with Crippen LogP contribution in [0.4, 0.5) is 0 Å². The van der Waals surface area contributed by atoms with Gasteiger partial charge in [0.2, 0.25) is 0 Å². The van der Waals surface area contributed by atoms with Crippen molar-refractivity contribution in [3.8, 4) is 5.75 Å². The van der Waals surface area contributed by atoms with Gasteiger partial charge in [-0.1, -0.05) is 0 Å². The standard InChI is InChI=1S/C22H30N2O5/c1-14(2)28-11-5-10-23-20(25)13-29-22(26)21-15(3)24(16-6-7-16)19-9-8-17(27-4)12-18(19)21/h8-9,12,14,16H,5-7,10-11,13H2,1-4H3,(H,23,25). The molecule has 0 unspecified atom stereocenters. The third-order valence-corrected chi connectivity index (χ3v) is 5.00. The minimum absolute atomic E-state index is 0.172. The first kappa shape index (κ1) is 21.2. The van der Waals surface area contributed by atoms with Gasteiger partial charge in [0.15, 0.2) is 6.61 Å². The van der Waals surface area contributed by atoms with E-state index < -0.39 is 5.97 Å². The summed E-state index contributed by atoms with van der Waals surface area (Å²) < 4.78 is 18.3. The van der Waals surface area contributed by atoms with Gasteiger partial charge in [0, 0.05) is 35.8 Å². The largest absolute Gasteiger partial charge is 0.497 e. The van der Waals surface area contributed by atoms with Crippen molar-refractivity contribution in [2.24, 2.45) is 0 Å². The van der Waals surface area contributed by atoms with E-state index in [1.165, 1.54) is 0 Å². The van der Waals surface area contributed by atoms with Gasteiger partial charge in [-0.05, 0) is 58.2 Å². The van der Waals surface area contributed by atoms with E-state index in [2.05, 4.69) is 9.88 Å². The van der Waals surface area contributed by atoms with Crippen LogP contribution in [0.5, 0.6) is 5.75 Å². The van der Waals surface area contributed by atoms with Crippen LogP contribution in [0, 0.1) is 6.92 Å². The molecular weight excluding hydrogens is 372 g/mol. The highest BCUT2D eigenvalue weighted by Gasteiger charge is 2.31. The second-order valence-electron chi connectivity index (χ2n) is 7.64. The first-order valence-corrected chi connectivity index (χ1v) is 10.2. The number of nitrogens with one attached hydrogen (secondary N) is 1. The Morgan fingerprint density at radius 1 is 1.28 bits per heavy atom. The highest BCUT2D eigenvalue weighted by Crippen LogP contribution is 2.42. The molecule has 0 atom stereocenters. The Morgan fingerprint density at radius 3 is 2.69 bits per heavy atom. The minimum atomic E-state index is -0.488. The minimum Gasteiger partial charge on any atom is -0.497 e. The molecule has 1 saturated carbocycles. The predicted octanol–water partition coefficient (Wildman–Crippen LogP) is 3.38. The van der Waals surface area contributed by atoms with Crippen LogP contribution >= 0.6 is 0 Å². The molecule has 1 aliphatic rings. The molecule has 0 saturated heterocycles. The second-order valence-corrected chi connectivity index (χ2v) is 7.64. The van der Waals surface area contributed by atoms with E-state index in [9.17, 15) is 9.59 Å². The summed E-state index contributed by atoms with van der Waals surface area (Å²) in [5.41, 5.74) is 2.36. The molecule has 0 radical (unpaired) electrons. The summed E-state index contributed by atoms with van der Waals surface area (Å²) >= 11 is 0. The van der Waals surface area contributed by atoms with E-state index in [1.807, 2.05) is 39.0 Å². The molecule has 1 aromatic carbocycles. The van der Waals surface area contributed by atoms with Crippen molar-refractivity contribution in [1.29, 1.82) is 0 Å². The molecule has 7 nitrogen and oxygen atoms in total. The Hall–Kier alpha value is -2.54. The van der Waals surface area contributed by atoms with Gasteiger partial charge in [-0.25, -0.2) is 4.79 Å². The number of hydrogen-bond acceptors (Lipinski definition) is 5. The number of aromatic nitrogens is 1. The van der Waals surface area contributed by atoms with Crippen molar-refractivity contribution < 1.29 is 23.8 Å². The quantitative estimate of drug-likeness (QED) is 0.487. The molecule has 3 rings (SSSR count). The van der Waals surface area contributed by atoms with Gasteiger partial charge in [0.05, 0.1) is 18.8 Å². The summed E-state index contributed by atoms with van der Waals surface area (Å²) in [6, 6.07) is 6.14. The number of rotatable bonds is 10. The average molecular weight is 402 g/mol. The van der Waals surface area contributed by atoms with Crippen LogP contribution in [0.3, 0.4) is 0 Å². The summed E-state index contributed by atoms with van der Waals surface area (Å²) in [5, 5.41) is 3.54. The number of benzene rings is 1. The van der Waals surface area contributed by atoms with Crippen molar-refractivity contribution in [3.63, 3.8) is 0 Å². The fraction of sp³-hybridized carbons (Fsp3) is 0.545. The third kappa shape index (κ3) is 5.09. The first-order chi connectivity index (χ1) is 13.9. The summed E-state index contributed by atoms with van der Waals surface area (Å²) in [5.74, 6) is -0.122. The Labute approximate surface area is 171 Å². The monoisotopic (exact) mass is 402 g/mol. The number of fused-ring (bicyclic) bond motifs is 1. The number of amides is 1. The number of carbonyl (C=O) groups is 2. The molecule has 1 aliphatic carbocycles. The van der Waals surface area contributed by atoms with Crippen molar-refractivity contribution in [2.75, 3.05) is 26.9 Å². The topological polar surface area (TPSA) is 78.8 Å². The molecule has 1 aromatic heterocycles. The lowest BCUT2D eigenvalue weighted by Gasteiger charge is -2.09. The van der Waals surface area contributed by atoms with E-state index in [0.29, 0.717) is 36.9 Å². The molecule has 1 heterocycles. The molecule has 7 heteroatoms. The van der Waals surface area contributed by atoms with Crippen LogP contribution in [-0.2, 0) is 14.3 Å². The van der Waals surface area contributed by atoms with Crippen molar-refractivity contribution >= 4 is 22.8 Å².